The number of thiophene rings is 1. The Bertz CT molecular complexity index is 1270. The molecule has 4 rings (SSSR count). The lowest BCUT2D eigenvalue weighted by Gasteiger charge is -2.07. The molecule has 3 heterocycles. The highest BCUT2D eigenvalue weighted by Crippen LogP contribution is 2.34. The topological polar surface area (TPSA) is 98.2 Å². The van der Waals surface area contributed by atoms with Crippen LogP contribution in [0.2, 0.25) is 15.2 Å². The van der Waals surface area contributed by atoms with Gasteiger partial charge in [-0.25, -0.2) is 15.1 Å². The van der Waals surface area contributed by atoms with Gasteiger partial charge in [0.15, 0.2) is 10.8 Å². The van der Waals surface area contributed by atoms with Crippen molar-refractivity contribution in [3.05, 3.63) is 80.5 Å². The van der Waals surface area contributed by atoms with Gasteiger partial charge in [0.05, 0.1) is 27.5 Å². The van der Waals surface area contributed by atoms with E-state index in [2.05, 4.69) is 20.6 Å². The van der Waals surface area contributed by atoms with Crippen molar-refractivity contribution >= 4 is 63.9 Å². The second-order valence-corrected chi connectivity index (χ2v) is 8.24. The number of nitrogen functional groups attached to an aromatic ring is 1. The first-order valence-corrected chi connectivity index (χ1v) is 10.8. The minimum atomic E-state index is -0.681. The molecule has 0 radical (unpaired) electrons. The number of carbonyl (C=O) groups is 1. The molecule has 1 amide bonds. The van der Waals surface area contributed by atoms with Crippen molar-refractivity contribution in [3.63, 3.8) is 0 Å². The average Bonchev–Trinajstić information content (AvgIpc) is 3.45. The Morgan fingerprint density at radius 2 is 1.90 bits per heavy atom. The van der Waals surface area contributed by atoms with Crippen molar-refractivity contribution in [2.75, 3.05) is 5.73 Å². The van der Waals surface area contributed by atoms with Crippen LogP contribution in [0, 0.1) is 0 Å². The Morgan fingerprint density at radius 3 is 2.61 bits per heavy atom. The number of hydrogen-bond donors (Lipinski definition) is 2. The Labute approximate surface area is 196 Å². The van der Waals surface area contributed by atoms with Gasteiger partial charge in [0.2, 0.25) is 0 Å². The fourth-order valence-electron chi connectivity index (χ4n) is 2.69. The van der Waals surface area contributed by atoms with Crippen LogP contribution in [-0.4, -0.2) is 26.9 Å². The lowest BCUT2D eigenvalue weighted by atomic mass is 10.2. The zero-order chi connectivity index (χ0) is 22.0. The minimum absolute atomic E-state index is 0.0133. The summed E-state index contributed by atoms with van der Waals surface area (Å²) in [6.45, 7) is 0. The predicted molar refractivity (Wildman–Crippen MR) is 126 cm³/mol. The van der Waals surface area contributed by atoms with Crippen LogP contribution in [0.5, 0.6) is 0 Å². The van der Waals surface area contributed by atoms with Crippen molar-refractivity contribution in [3.8, 4) is 16.3 Å². The molecule has 0 fully saturated rings. The number of carbonyl (C=O) groups excluding carboxylic acids is 1. The van der Waals surface area contributed by atoms with Gasteiger partial charge < -0.3 is 5.73 Å². The van der Waals surface area contributed by atoms with E-state index < -0.39 is 5.91 Å². The summed E-state index contributed by atoms with van der Waals surface area (Å²) < 4.78 is 1.75. The molecule has 11 heteroatoms. The normalized spacial score (nSPS) is 11.2. The van der Waals surface area contributed by atoms with E-state index in [9.17, 15) is 4.79 Å². The molecule has 0 spiro atoms. The molecule has 0 atom stereocenters. The first-order valence-electron chi connectivity index (χ1n) is 8.78. The van der Waals surface area contributed by atoms with Gasteiger partial charge in [0.25, 0.3) is 5.91 Å². The number of benzene rings is 1. The Morgan fingerprint density at radius 1 is 1.13 bits per heavy atom. The van der Waals surface area contributed by atoms with E-state index in [1.165, 1.54) is 6.21 Å². The van der Waals surface area contributed by atoms with Gasteiger partial charge in [-0.05, 0) is 23.6 Å². The summed E-state index contributed by atoms with van der Waals surface area (Å²) in [5, 5.41) is 10.4. The molecule has 3 N–H and O–H groups in total. The smallest absolute Gasteiger partial charge is 0.291 e. The maximum Gasteiger partial charge on any atom is 0.291 e. The standard InChI is InChI=1S/C20H13Cl3N6OS/c21-14-16(24)15(22)19(23)26-18(14)20(30)27-25-9-11-10-29(12-5-2-1-3-6-12)28-17(11)13-7-4-8-31-13/h1-10H,(H2,24,26)(H,27,30)/b25-9+. The molecule has 0 bridgehead atoms. The molecule has 0 unspecified atom stereocenters. The summed E-state index contributed by atoms with van der Waals surface area (Å²) in [5.41, 5.74) is 10.3. The number of para-hydroxylation sites is 1. The molecule has 7 nitrogen and oxygen atoms in total. The minimum Gasteiger partial charge on any atom is -0.396 e. The summed E-state index contributed by atoms with van der Waals surface area (Å²) in [6, 6.07) is 13.6. The van der Waals surface area contributed by atoms with Crippen LogP contribution in [0.3, 0.4) is 0 Å². The van der Waals surface area contributed by atoms with Crippen LogP contribution in [-0.2, 0) is 0 Å². The molecule has 0 saturated heterocycles. The van der Waals surface area contributed by atoms with Gasteiger partial charge >= 0.3 is 0 Å². The molecule has 0 aliphatic heterocycles. The summed E-state index contributed by atoms with van der Waals surface area (Å²) in [5.74, 6) is -0.681. The largest absolute Gasteiger partial charge is 0.396 e. The molecule has 0 aliphatic rings. The van der Waals surface area contributed by atoms with Gasteiger partial charge in [-0.3, -0.25) is 4.79 Å². The van der Waals surface area contributed by atoms with Gasteiger partial charge in [-0.1, -0.05) is 59.1 Å². The number of aromatic nitrogens is 3. The zero-order valence-electron chi connectivity index (χ0n) is 15.6. The third-order valence-corrected chi connectivity index (χ3v) is 6.19. The maximum atomic E-state index is 12.5. The van der Waals surface area contributed by atoms with E-state index in [1.807, 2.05) is 54.0 Å². The first kappa shape index (κ1) is 21.3. The number of amides is 1. The average molecular weight is 492 g/mol. The number of nitrogens with two attached hydrogens (primary N) is 1. The van der Waals surface area contributed by atoms with Crippen molar-refractivity contribution in [2.24, 2.45) is 5.10 Å². The van der Waals surface area contributed by atoms with Crippen LogP contribution in [0.1, 0.15) is 16.1 Å². The van der Waals surface area contributed by atoms with Gasteiger partial charge in [-0.2, -0.15) is 10.2 Å². The second-order valence-electron chi connectivity index (χ2n) is 6.18. The molecular weight excluding hydrogens is 479 g/mol. The maximum absolute atomic E-state index is 12.5. The van der Waals surface area contributed by atoms with E-state index in [4.69, 9.17) is 40.5 Å². The Hall–Kier alpha value is -2.91. The number of nitrogens with one attached hydrogen (secondary N) is 1. The lowest BCUT2D eigenvalue weighted by molar-refractivity contribution is 0.0950. The Balaban J connectivity index is 1.62. The highest BCUT2D eigenvalue weighted by Gasteiger charge is 2.19. The molecule has 1 aromatic carbocycles. The van der Waals surface area contributed by atoms with Crippen LogP contribution >= 0.6 is 46.1 Å². The van der Waals surface area contributed by atoms with Crippen LogP contribution in [0.25, 0.3) is 16.3 Å². The third kappa shape index (κ3) is 4.42. The van der Waals surface area contributed by atoms with Crippen LogP contribution < -0.4 is 11.2 Å². The monoisotopic (exact) mass is 490 g/mol. The molecule has 4 aromatic rings. The molecule has 0 aliphatic carbocycles. The van der Waals surface area contributed by atoms with Crippen molar-refractivity contribution < 1.29 is 4.79 Å². The van der Waals surface area contributed by atoms with Gasteiger partial charge in [0, 0.05) is 11.8 Å². The lowest BCUT2D eigenvalue weighted by Crippen LogP contribution is -2.20. The SMILES string of the molecule is Nc1c(Cl)c(Cl)nc(C(=O)N/N=C/c2cn(-c3ccccc3)nc2-c2cccs2)c1Cl. The number of nitrogens with zero attached hydrogens (tertiary/aromatic N) is 4. The number of halogens is 3. The third-order valence-electron chi connectivity index (χ3n) is 4.17. The van der Waals surface area contributed by atoms with Gasteiger partial charge in [-0.15, -0.1) is 11.3 Å². The summed E-state index contributed by atoms with van der Waals surface area (Å²) in [6.07, 6.45) is 3.32. The van der Waals surface area contributed by atoms with Crippen molar-refractivity contribution in [1.82, 2.24) is 20.2 Å². The number of hydrogen-bond acceptors (Lipinski definition) is 6. The quantitative estimate of drug-likeness (QED) is 0.225. The number of anilines is 1. The van der Waals surface area contributed by atoms with Crippen molar-refractivity contribution in [1.29, 1.82) is 0 Å². The van der Waals surface area contributed by atoms with E-state index >= 15 is 0 Å². The van der Waals surface area contributed by atoms with E-state index in [0.717, 1.165) is 16.3 Å². The van der Waals surface area contributed by atoms with E-state index in [1.54, 1.807) is 16.0 Å². The summed E-state index contributed by atoms with van der Waals surface area (Å²) in [7, 11) is 0. The number of rotatable bonds is 5. The molecule has 0 saturated carbocycles. The first-order chi connectivity index (χ1) is 15.0. The van der Waals surface area contributed by atoms with Crippen LogP contribution in [0.4, 0.5) is 5.69 Å². The molecular formula is C20H13Cl3N6OS. The summed E-state index contributed by atoms with van der Waals surface area (Å²) >= 11 is 19.4. The Kier molecular flexibility index (Phi) is 6.24. The number of hydrazone groups is 1. The highest BCUT2D eigenvalue weighted by atomic mass is 35.5. The summed E-state index contributed by atoms with van der Waals surface area (Å²) in [4.78, 5) is 17.3. The molecule has 156 valence electrons. The fraction of sp³-hybridized carbons (Fsp3) is 0. The van der Waals surface area contributed by atoms with Crippen molar-refractivity contribution in [2.45, 2.75) is 0 Å². The van der Waals surface area contributed by atoms with E-state index in [0.29, 0.717) is 5.56 Å². The second kappa shape index (κ2) is 9.07. The van der Waals surface area contributed by atoms with Crippen LogP contribution in [0.15, 0.2) is 59.1 Å². The number of pyridine rings is 1. The highest BCUT2D eigenvalue weighted by molar-refractivity contribution is 7.13. The predicted octanol–water partition coefficient (Wildman–Crippen LogP) is 5.30. The van der Waals surface area contributed by atoms with E-state index in [-0.39, 0.29) is 26.6 Å². The molecule has 31 heavy (non-hydrogen) atoms. The van der Waals surface area contributed by atoms with Gasteiger partial charge in [0.1, 0.15) is 10.7 Å². The fourth-order valence-corrected chi connectivity index (χ4v) is 4.02. The zero-order valence-corrected chi connectivity index (χ0v) is 18.7. The molecule has 3 aromatic heterocycles.